The maximum atomic E-state index is 6.05. The lowest BCUT2D eigenvalue weighted by Crippen LogP contribution is -2.14. The number of benzene rings is 1. The lowest BCUT2D eigenvalue weighted by atomic mass is 9.92. The quantitative estimate of drug-likeness (QED) is 0.753. The Bertz CT molecular complexity index is 321. The number of halogens is 2. The Morgan fingerprint density at radius 3 is 2.71 bits per heavy atom. The third-order valence-corrected chi connectivity index (χ3v) is 4.07. The summed E-state index contributed by atoms with van der Waals surface area (Å²) in [6.45, 7) is 1.73. The van der Waals surface area contributed by atoms with Gasteiger partial charge in [-0.3, -0.25) is 0 Å². The average molecular weight is 276 g/mol. The van der Waals surface area contributed by atoms with E-state index in [0.29, 0.717) is 5.92 Å². The summed E-state index contributed by atoms with van der Waals surface area (Å²) < 4.78 is 6.39. The lowest BCUT2D eigenvalue weighted by Gasteiger charge is -2.23. The molecule has 3 heteroatoms. The number of ether oxygens (including phenoxy) is 1. The van der Waals surface area contributed by atoms with Gasteiger partial charge in [-0.15, -0.1) is 0 Å². The summed E-state index contributed by atoms with van der Waals surface area (Å²) in [6, 6.07) is 6.07. The molecule has 1 nitrogen and oxygen atoms in total. The van der Waals surface area contributed by atoms with E-state index < -0.39 is 0 Å². The highest BCUT2D eigenvalue weighted by Gasteiger charge is 2.18. The molecule has 1 aliphatic rings. The zero-order valence-corrected chi connectivity index (χ0v) is 10.1. The van der Waals surface area contributed by atoms with Gasteiger partial charge in [0, 0.05) is 17.7 Å². The van der Waals surface area contributed by atoms with E-state index in [1.165, 1.54) is 5.56 Å². The molecule has 0 spiro atoms. The van der Waals surface area contributed by atoms with Crippen molar-refractivity contribution in [2.45, 2.75) is 18.8 Å². The zero-order valence-electron chi connectivity index (χ0n) is 7.80. The van der Waals surface area contributed by atoms with Crippen LogP contribution in [-0.2, 0) is 4.74 Å². The van der Waals surface area contributed by atoms with Crippen molar-refractivity contribution in [3.05, 3.63) is 33.3 Å². The molecule has 0 bridgehead atoms. The summed E-state index contributed by atoms with van der Waals surface area (Å²) in [6.07, 6.45) is 2.19. The van der Waals surface area contributed by atoms with E-state index >= 15 is 0 Å². The number of hydrogen-bond donors (Lipinski definition) is 0. The molecule has 0 aliphatic carbocycles. The molecule has 1 aromatic carbocycles. The summed E-state index contributed by atoms with van der Waals surface area (Å²) in [7, 11) is 0. The van der Waals surface area contributed by atoms with Crippen molar-refractivity contribution in [3.63, 3.8) is 0 Å². The van der Waals surface area contributed by atoms with Crippen molar-refractivity contribution in [2.75, 3.05) is 13.2 Å². The normalized spacial score (nSPS) is 18.4. The predicted octanol–water partition coefficient (Wildman–Crippen LogP) is 4.00. The average Bonchev–Trinajstić information content (AvgIpc) is 2.23. The molecule has 0 N–H and O–H groups in total. The fourth-order valence-electron chi connectivity index (χ4n) is 1.84. The third kappa shape index (κ3) is 2.13. The topological polar surface area (TPSA) is 9.23 Å². The molecule has 0 atom stereocenters. The maximum Gasteiger partial charge on any atom is 0.0550 e. The first-order valence-corrected chi connectivity index (χ1v) is 5.98. The monoisotopic (exact) mass is 274 g/mol. The lowest BCUT2D eigenvalue weighted by molar-refractivity contribution is 0.0852. The van der Waals surface area contributed by atoms with E-state index in [2.05, 4.69) is 22.0 Å². The summed E-state index contributed by atoms with van der Waals surface area (Å²) in [4.78, 5) is 0. The van der Waals surface area contributed by atoms with Crippen LogP contribution < -0.4 is 0 Å². The van der Waals surface area contributed by atoms with Crippen LogP contribution in [0.3, 0.4) is 0 Å². The molecule has 14 heavy (non-hydrogen) atoms. The van der Waals surface area contributed by atoms with Gasteiger partial charge in [0.1, 0.15) is 0 Å². The zero-order chi connectivity index (χ0) is 9.97. The minimum Gasteiger partial charge on any atom is -0.381 e. The van der Waals surface area contributed by atoms with Gasteiger partial charge in [0.2, 0.25) is 0 Å². The van der Waals surface area contributed by atoms with E-state index in [0.717, 1.165) is 35.6 Å². The van der Waals surface area contributed by atoms with Crippen LogP contribution in [0.25, 0.3) is 0 Å². The second-order valence-electron chi connectivity index (χ2n) is 3.53. The standard InChI is InChI=1S/C11H12BrClO/c12-11-9(2-1-3-10(11)13)8-4-6-14-7-5-8/h1-3,8H,4-7H2. The SMILES string of the molecule is Clc1cccc(C2CCOCC2)c1Br. The Kier molecular flexibility index (Phi) is 3.47. The van der Waals surface area contributed by atoms with Crippen LogP contribution in [0.1, 0.15) is 24.3 Å². The van der Waals surface area contributed by atoms with Crippen molar-refractivity contribution in [1.29, 1.82) is 0 Å². The molecule has 76 valence electrons. The minimum atomic E-state index is 0.594. The smallest absolute Gasteiger partial charge is 0.0550 e. The molecule has 0 unspecified atom stereocenters. The second kappa shape index (κ2) is 4.65. The molecule has 0 aromatic heterocycles. The fraction of sp³-hybridized carbons (Fsp3) is 0.455. The van der Waals surface area contributed by atoms with Crippen molar-refractivity contribution in [3.8, 4) is 0 Å². The third-order valence-electron chi connectivity index (χ3n) is 2.64. The van der Waals surface area contributed by atoms with Gasteiger partial charge in [-0.2, -0.15) is 0 Å². The molecule has 2 rings (SSSR count). The first kappa shape index (κ1) is 10.5. The van der Waals surface area contributed by atoms with E-state index in [9.17, 15) is 0 Å². The summed E-state index contributed by atoms with van der Waals surface area (Å²) >= 11 is 9.60. The van der Waals surface area contributed by atoms with Gasteiger partial charge < -0.3 is 4.74 Å². The molecule has 1 saturated heterocycles. The van der Waals surface area contributed by atoms with Crippen molar-refractivity contribution in [1.82, 2.24) is 0 Å². The highest BCUT2D eigenvalue weighted by atomic mass is 79.9. The maximum absolute atomic E-state index is 6.05. The van der Waals surface area contributed by atoms with Gasteiger partial charge in [-0.25, -0.2) is 0 Å². The van der Waals surface area contributed by atoms with Gasteiger partial charge in [0.25, 0.3) is 0 Å². The van der Waals surface area contributed by atoms with Gasteiger partial charge >= 0.3 is 0 Å². The molecule has 0 saturated carbocycles. The van der Waals surface area contributed by atoms with E-state index in [1.54, 1.807) is 0 Å². The summed E-state index contributed by atoms with van der Waals surface area (Å²) in [5.41, 5.74) is 1.32. The molecule has 1 fully saturated rings. The Morgan fingerprint density at radius 1 is 1.29 bits per heavy atom. The number of rotatable bonds is 1. The molecule has 1 aliphatic heterocycles. The molecule has 0 amide bonds. The molecule has 1 aromatic rings. The second-order valence-corrected chi connectivity index (χ2v) is 4.73. The fourth-order valence-corrected chi connectivity index (χ4v) is 2.61. The van der Waals surface area contributed by atoms with Crippen molar-refractivity contribution < 1.29 is 4.74 Å². The first-order chi connectivity index (χ1) is 6.79. The van der Waals surface area contributed by atoms with Crippen molar-refractivity contribution >= 4 is 27.5 Å². The Hall–Kier alpha value is -0.0500. The van der Waals surface area contributed by atoms with Crippen LogP contribution in [0, 0.1) is 0 Å². The van der Waals surface area contributed by atoms with Gasteiger partial charge in [0.05, 0.1) is 5.02 Å². The van der Waals surface area contributed by atoms with Crippen LogP contribution in [0.4, 0.5) is 0 Å². The van der Waals surface area contributed by atoms with Crippen LogP contribution in [-0.4, -0.2) is 13.2 Å². The Balaban J connectivity index is 2.26. The van der Waals surface area contributed by atoms with Crippen LogP contribution in [0.15, 0.2) is 22.7 Å². The van der Waals surface area contributed by atoms with Crippen LogP contribution in [0.5, 0.6) is 0 Å². The van der Waals surface area contributed by atoms with E-state index in [1.807, 2.05) is 12.1 Å². The van der Waals surface area contributed by atoms with Gasteiger partial charge in [-0.1, -0.05) is 23.7 Å². The number of hydrogen-bond acceptors (Lipinski definition) is 1. The van der Waals surface area contributed by atoms with Gasteiger partial charge in [-0.05, 0) is 46.3 Å². The minimum absolute atomic E-state index is 0.594. The summed E-state index contributed by atoms with van der Waals surface area (Å²) in [5.74, 6) is 0.594. The molecule has 0 radical (unpaired) electrons. The Morgan fingerprint density at radius 2 is 2.00 bits per heavy atom. The van der Waals surface area contributed by atoms with Crippen LogP contribution >= 0.6 is 27.5 Å². The predicted molar refractivity (Wildman–Crippen MR) is 61.9 cm³/mol. The van der Waals surface area contributed by atoms with Crippen molar-refractivity contribution in [2.24, 2.45) is 0 Å². The Labute approximate surface area is 97.5 Å². The first-order valence-electron chi connectivity index (χ1n) is 4.80. The molecular formula is C11H12BrClO. The van der Waals surface area contributed by atoms with E-state index in [4.69, 9.17) is 16.3 Å². The largest absolute Gasteiger partial charge is 0.381 e. The molecule has 1 heterocycles. The van der Waals surface area contributed by atoms with E-state index in [-0.39, 0.29) is 0 Å². The highest BCUT2D eigenvalue weighted by molar-refractivity contribution is 9.10. The summed E-state index contributed by atoms with van der Waals surface area (Å²) in [5, 5.41) is 0.800. The van der Waals surface area contributed by atoms with Gasteiger partial charge in [0.15, 0.2) is 0 Å². The molecular weight excluding hydrogens is 263 g/mol. The highest BCUT2D eigenvalue weighted by Crippen LogP contribution is 2.35. The van der Waals surface area contributed by atoms with Crippen LogP contribution in [0.2, 0.25) is 5.02 Å².